The van der Waals surface area contributed by atoms with E-state index in [9.17, 15) is 14.4 Å². The Morgan fingerprint density at radius 3 is 2.38 bits per heavy atom. The van der Waals surface area contributed by atoms with Gasteiger partial charge in [0.2, 0.25) is 23.0 Å². The van der Waals surface area contributed by atoms with Gasteiger partial charge in [0.05, 0.1) is 33.1 Å². The van der Waals surface area contributed by atoms with Gasteiger partial charge in [0.15, 0.2) is 23.1 Å². The van der Waals surface area contributed by atoms with Crippen molar-refractivity contribution in [1.82, 2.24) is 20.5 Å². The molecule has 13 heteroatoms. The number of hydrogen-bond donors (Lipinski definition) is 4. The van der Waals surface area contributed by atoms with E-state index in [0.717, 1.165) is 16.7 Å². The molecule has 3 atom stereocenters. The molecule has 0 saturated heterocycles. The second-order valence-electron chi connectivity index (χ2n) is 12.2. The summed E-state index contributed by atoms with van der Waals surface area (Å²) in [4.78, 5) is 44.5. The minimum atomic E-state index is -0.739. The third-order valence-corrected chi connectivity index (χ3v) is 8.95. The maximum absolute atomic E-state index is 14.0. The van der Waals surface area contributed by atoms with Crippen LogP contribution in [0.3, 0.4) is 0 Å². The van der Waals surface area contributed by atoms with Crippen LogP contribution in [0.4, 0.5) is 11.4 Å². The zero-order valence-electron chi connectivity index (χ0n) is 29.4. The van der Waals surface area contributed by atoms with Crippen molar-refractivity contribution >= 4 is 23.2 Å². The lowest BCUT2D eigenvalue weighted by Gasteiger charge is -2.24. The van der Waals surface area contributed by atoms with Crippen molar-refractivity contribution in [3.63, 3.8) is 0 Å². The molecule has 0 spiro atoms. The number of methoxy groups -OCH3 is 4. The fraction of sp³-hybridized carbons (Fsp3) is 0.378. The minimum absolute atomic E-state index is 0.130. The van der Waals surface area contributed by atoms with Gasteiger partial charge in [-0.3, -0.25) is 19.5 Å². The summed E-state index contributed by atoms with van der Waals surface area (Å²) in [6, 6.07) is 13.0. The van der Waals surface area contributed by atoms with Gasteiger partial charge in [-0.1, -0.05) is 26.3 Å². The summed E-state index contributed by atoms with van der Waals surface area (Å²) in [6.45, 7) is 5.72. The van der Waals surface area contributed by atoms with Gasteiger partial charge in [-0.2, -0.15) is 5.10 Å². The fourth-order valence-corrected chi connectivity index (χ4v) is 6.24. The summed E-state index contributed by atoms with van der Waals surface area (Å²) in [5.41, 5.74) is 4.27. The molecule has 0 saturated carbocycles. The van der Waals surface area contributed by atoms with Crippen molar-refractivity contribution in [3.8, 4) is 39.8 Å². The quantitative estimate of drug-likeness (QED) is 0.146. The molecule has 4 N–H and O–H groups in total. The highest BCUT2D eigenvalue weighted by molar-refractivity contribution is 5.97. The molecule has 1 aliphatic carbocycles. The van der Waals surface area contributed by atoms with Crippen LogP contribution in [-0.2, 0) is 27.4 Å². The monoisotopic (exact) mass is 684 g/mol. The molecule has 0 aliphatic heterocycles. The highest BCUT2D eigenvalue weighted by Crippen LogP contribution is 2.50. The second kappa shape index (κ2) is 15.9. The van der Waals surface area contributed by atoms with Gasteiger partial charge < -0.3 is 34.9 Å². The topological polar surface area (TPSA) is 166 Å². The number of carbonyl (C=O) groups is 2. The van der Waals surface area contributed by atoms with Crippen LogP contribution in [0.5, 0.6) is 17.2 Å². The van der Waals surface area contributed by atoms with Gasteiger partial charge in [-0.05, 0) is 77.9 Å². The molecule has 3 unspecified atom stereocenters. The molecule has 0 radical (unpaired) electrons. The highest BCUT2D eigenvalue weighted by Gasteiger charge is 2.30. The number of carbonyl (C=O) groups excluding carboxylic acids is 2. The van der Waals surface area contributed by atoms with E-state index in [1.807, 2.05) is 38.1 Å². The van der Waals surface area contributed by atoms with Crippen LogP contribution in [-0.4, -0.2) is 61.5 Å². The number of H-pyrrole nitrogens is 1. The zero-order valence-corrected chi connectivity index (χ0v) is 29.4. The third-order valence-electron chi connectivity index (χ3n) is 8.95. The molecule has 0 bridgehead atoms. The molecule has 1 heterocycles. The first kappa shape index (κ1) is 35.9. The van der Waals surface area contributed by atoms with E-state index in [2.05, 4.69) is 31.1 Å². The number of aromatic amines is 1. The lowest BCUT2D eigenvalue weighted by Crippen LogP contribution is -2.40. The second-order valence-corrected chi connectivity index (χ2v) is 12.2. The van der Waals surface area contributed by atoms with E-state index in [0.29, 0.717) is 71.6 Å². The van der Waals surface area contributed by atoms with E-state index in [-0.39, 0.29) is 28.8 Å². The van der Waals surface area contributed by atoms with Crippen molar-refractivity contribution < 1.29 is 28.5 Å². The maximum atomic E-state index is 14.0. The number of fused-ring (bicyclic) bond motifs is 3. The van der Waals surface area contributed by atoms with E-state index in [1.165, 1.54) is 20.1 Å². The molecular formula is C37H44N6O7. The summed E-state index contributed by atoms with van der Waals surface area (Å²) in [5, 5.41) is 16.3. The van der Waals surface area contributed by atoms with Gasteiger partial charge in [0.25, 0.3) is 0 Å². The third kappa shape index (κ3) is 7.57. The van der Waals surface area contributed by atoms with Crippen LogP contribution < -0.4 is 35.6 Å². The SMILES string of the molecule is CCC(C)C(Nc1ccc2c(cc1=O)C(NC(C)=O)CCc1cc(OC)c(OC)c(OC)c1-2)C(=O)Nc1ccc(-c2n[nH]c(COC)n2)cc1. The number of aromatic nitrogens is 3. The number of aryl methyl sites for hydroxylation is 1. The van der Waals surface area contributed by atoms with Crippen LogP contribution in [0.15, 0.2) is 53.3 Å². The van der Waals surface area contributed by atoms with Crippen LogP contribution >= 0.6 is 0 Å². The predicted molar refractivity (Wildman–Crippen MR) is 191 cm³/mol. The number of benzene rings is 2. The summed E-state index contributed by atoms with van der Waals surface area (Å²) in [5.74, 6) is 1.88. The number of anilines is 2. The molecular weight excluding hydrogens is 640 g/mol. The lowest BCUT2D eigenvalue weighted by atomic mass is 9.95. The van der Waals surface area contributed by atoms with Crippen molar-refractivity contribution in [2.75, 3.05) is 39.1 Å². The number of ether oxygens (including phenoxy) is 4. The molecule has 50 heavy (non-hydrogen) atoms. The number of hydrogen-bond acceptors (Lipinski definition) is 10. The molecule has 1 aromatic heterocycles. The lowest BCUT2D eigenvalue weighted by molar-refractivity contribution is -0.120. The summed E-state index contributed by atoms with van der Waals surface area (Å²) < 4.78 is 22.3. The number of amides is 2. The molecule has 2 amide bonds. The Labute approximate surface area is 291 Å². The van der Waals surface area contributed by atoms with Crippen molar-refractivity contribution in [3.05, 3.63) is 75.7 Å². The largest absolute Gasteiger partial charge is 0.493 e. The molecule has 5 rings (SSSR count). The Morgan fingerprint density at radius 2 is 1.74 bits per heavy atom. The zero-order chi connectivity index (χ0) is 35.9. The molecule has 3 aromatic carbocycles. The van der Waals surface area contributed by atoms with Gasteiger partial charge >= 0.3 is 0 Å². The van der Waals surface area contributed by atoms with Crippen molar-refractivity contribution in [2.45, 2.75) is 58.7 Å². The first-order chi connectivity index (χ1) is 24.1. The predicted octanol–water partition coefficient (Wildman–Crippen LogP) is 5.26. The van der Waals surface area contributed by atoms with Crippen molar-refractivity contribution in [2.24, 2.45) is 5.92 Å². The summed E-state index contributed by atoms with van der Waals surface area (Å²) in [7, 11) is 6.24. The molecule has 264 valence electrons. The Bertz CT molecular complexity index is 1910. The standard InChI is InChI=1S/C37H44N6O7/c1-8-20(2)33(37(46)39-24-12-9-22(10-13-24)36-41-31(19-47-4)42-43-36)40-28-16-14-25-26(18-29(28)45)27(38-21(3)44)15-11-23-17-30(48-5)34(49-6)35(50-7)32(23)25/h9-10,12-14,16-18,20,27,33H,8,11,15,19H2,1-7H3,(H,38,44)(H,39,46)(H,40,45)(H,41,42,43). The van der Waals surface area contributed by atoms with Crippen molar-refractivity contribution in [1.29, 1.82) is 0 Å². The maximum Gasteiger partial charge on any atom is 0.247 e. The molecule has 13 nitrogen and oxygen atoms in total. The Kier molecular flexibility index (Phi) is 11.4. The van der Waals surface area contributed by atoms with E-state index in [4.69, 9.17) is 18.9 Å². The van der Waals surface area contributed by atoms with Gasteiger partial charge in [-0.25, -0.2) is 4.98 Å². The fourth-order valence-electron chi connectivity index (χ4n) is 6.24. The summed E-state index contributed by atoms with van der Waals surface area (Å²) >= 11 is 0. The van der Waals surface area contributed by atoms with E-state index < -0.39 is 12.1 Å². The van der Waals surface area contributed by atoms with E-state index in [1.54, 1.807) is 39.5 Å². The first-order valence-electron chi connectivity index (χ1n) is 16.5. The Balaban J connectivity index is 1.50. The van der Waals surface area contributed by atoms with Gasteiger partial charge in [-0.15, -0.1) is 0 Å². The van der Waals surface area contributed by atoms with E-state index >= 15 is 0 Å². The minimum Gasteiger partial charge on any atom is -0.493 e. The summed E-state index contributed by atoms with van der Waals surface area (Å²) in [6.07, 6.45) is 1.80. The number of nitrogens with one attached hydrogen (secondary N) is 4. The first-order valence-corrected chi connectivity index (χ1v) is 16.5. The van der Waals surface area contributed by atoms with Crippen LogP contribution in [0.25, 0.3) is 22.5 Å². The van der Waals surface area contributed by atoms with Crippen LogP contribution in [0.1, 0.15) is 56.6 Å². The molecule has 0 fully saturated rings. The van der Waals surface area contributed by atoms with Crippen LogP contribution in [0, 0.1) is 5.92 Å². The Hall–Kier alpha value is -5.43. The smallest absolute Gasteiger partial charge is 0.247 e. The van der Waals surface area contributed by atoms with Gasteiger partial charge in [0.1, 0.15) is 12.6 Å². The number of nitrogens with zero attached hydrogens (tertiary/aromatic N) is 2. The molecule has 1 aliphatic rings. The Morgan fingerprint density at radius 1 is 1.00 bits per heavy atom. The highest BCUT2D eigenvalue weighted by atomic mass is 16.5. The average molecular weight is 685 g/mol. The van der Waals surface area contributed by atoms with Gasteiger partial charge in [0, 0.05) is 30.8 Å². The van der Waals surface area contributed by atoms with Crippen LogP contribution in [0.2, 0.25) is 0 Å². The number of rotatable bonds is 13. The average Bonchev–Trinajstić information content (AvgIpc) is 3.46. The molecule has 4 aromatic rings. The normalized spacial score (nSPS) is 14.7.